The maximum atomic E-state index is 12.1. The fourth-order valence-electron chi connectivity index (χ4n) is 2.42. The molecule has 0 atom stereocenters. The number of nitrogens with one attached hydrogen (secondary N) is 1. The Bertz CT molecular complexity index is 889. The fourth-order valence-corrected chi connectivity index (χ4v) is 2.55. The number of halogens is 1. The molecule has 29 heavy (non-hydrogen) atoms. The highest BCUT2D eigenvalue weighted by molar-refractivity contribution is 6.30. The molecule has 0 unspecified atom stereocenters. The highest BCUT2D eigenvalue weighted by Gasteiger charge is 2.11. The molecule has 1 amide bonds. The van der Waals surface area contributed by atoms with Gasteiger partial charge in [-0.25, -0.2) is 0 Å². The zero-order valence-corrected chi connectivity index (χ0v) is 17.2. The number of hydrogen-bond acceptors (Lipinski definition) is 5. The molecule has 0 aliphatic heterocycles. The van der Waals surface area contributed by atoms with Crippen molar-refractivity contribution in [3.8, 4) is 17.6 Å². The molecular formula is C22H23ClN2O4. The molecule has 152 valence electrons. The van der Waals surface area contributed by atoms with E-state index in [0.717, 1.165) is 5.56 Å². The monoisotopic (exact) mass is 414 g/mol. The quantitative estimate of drug-likeness (QED) is 0.361. The summed E-state index contributed by atoms with van der Waals surface area (Å²) in [6, 6.07) is 14.6. The largest absolute Gasteiger partial charge is 0.490 e. The molecule has 0 spiro atoms. The van der Waals surface area contributed by atoms with Gasteiger partial charge in [0.2, 0.25) is 0 Å². The third kappa shape index (κ3) is 7.15. The van der Waals surface area contributed by atoms with Crippen LogP contribution in [0.5, 0.6) is 11.5 Å². The number of amides is 1. The molecule has 0 saturated heterocycles. The summed E-state index contributed by atoms with van der Waals surface area (Å²) in [4.78, 5) is 12.1. The number of hydrogen-bond donors (Lipinski definition) is 1. The van der Waals surface area contributed by atoms with E-state index >= 15 is 0 Å². The van der Waals surface area contributed by atoms with Crippen LogP contribution in [-0.2, 0) is 16.1 Å². The van der Waals surface area contributed by atoms with Crippen LogP contribution in [0.2, 0.25) is 5.02 Å². The highest BCUT2D eigenvalue weighted by Crippen LogP contribution is 2.30. The van der Waals surface area contributed by atoms with Crippen molar-refractivity contribution in [3.63, 3.8) is 0 Å². The average Bonchev–Trinajstić information content (AvgIpc) is 2.73. The normalized spacial score (nSPS) is 10.9. The molecule has 0 aromatic heterocycles. The molecule has 0 bridgehead atoms. The molecule has 0 aliphatic carbocycles. The number of rotatable bonds is 10. The lowest BCUT2D eigenvalue weighted by Gasteiger charge is -2.13. The van der Waals surface area contributed by atoms with Gasteiger partial charge in [-0.3, -0.25) is 4.79 Å². The van der Waals surface area contributed by atoms with Crippen molar-refractivity contribution in [3.05, 3.63) is 64.2 Å². The number of benzene rings is 2. The van der Waals surface area contributed by atoms with Gasteiger partial charge < -0.3 is 19.5 Å². The van der Waals surface area contributed by atoms with Crippen LogP contribution in [0, 0.1) is 11.3 Å². The van der Waals surface area contributed by atoms with Crippen LogP contribution in [0.25, 0.3) is 6.08 Å². The number of carbonyl (C=O) groups excluding carboxylic acids is 1. The topological polar surface area (TPSA) is 80.6 Å². The molecule has 0 aliphatic rings. The van der Waals surface area contributed by atoms with Gasteiger partial charge in [-0.15, -0.1) is 0 Å². The summed E-state index contributed by atoms with van der Waals surface area (Å²) in [6.45, 7) is 3.38. The van der Waals surface area contributed by atoms with Crippen LogP contribution in [0.4, 0.5) is 0 Å². The smallest absolute Gasteiger partial charge is 0.262 e. The summed E-state index contributed by atoms with van der Waals surface area (Å²) >= 11 is 5.90. The maximum Gasteiger partial charge on any atom is 0.262 e. The SMILES string of the molecule is CCOc1cc(/C=C(\C#N)C(=O)NCCOC)ccc1OCc1ccc(Cl)cc1. The Kier molecular flexibility index (Phi) is 9.03. The molecule has 7 heteroatoms. The summed E-state index contributed by atoms with van der Waals surface area (Å²) in [6.07, 6.45) is 1.51. The molecule has 2 aromatic carbocycles. The van der Waals surface area contributed by atoms with Crippen molar-refractivity contribution < 1.29 is 19.0 Å². The summed E-state index contributed by atoms with van der Waals surface area (Å²) in [7, 11) is 1.54. The molecular weight excluding hydrogens is 392 g/mol. The van der Waals surface area contributed by atoms with Gasteiger partial charge >= 0.3 is 0 Å². The number of nitrogens with zero attached hydrogens (tertiary/aromatic N) is 1. The van der Waals surface area contributed by atoms with Gasteiger partial charge in [-0.2, -0.15) is 5.26 Å². The average molecular weight is 415 g/mol. The third-order valence-corrected chi connectivity index (χ3v) is 4.10. The van der Waals surface area contributed by atoms with E-state index in [1.807, 2.05) is 25.1 Å². The Labute approximate surface area is 175 Å². The molecule has 0 radical (unpaired) electrons. The van der Waals surface area contributed by atoms with Gasteiger partial charge in [0.05, 0.1) is 13.2 Å². The predicted molar refractivity (Wildman–Crippen MR) is 112 cm³/mol. The molecule has 6 nitrogen and oxygen atoms in total. The lowest BCUT2D eigenvalue weighted by molar-refractivity contribution is -0.117. The van der Waals surface area contributed by atoms with Crippen LogP contribution < -0.4 is 14.8 Å². The lowest BCUT2D eigenvalue weighted by Crippen LogP contribution is -2.27. The second-order valence-electron chi connectivity index (χ2n) is 5.97. The van der Waals surface area contributed by atoms with E-state index in [1.165, 1.54) is 6.08 Å². The number of nitriles is 1. The van der Waals surface area contributed by atoms with E-state index in [-0.39, 0.29) is 5.57 Å². The lowest BCUT2D eigenvalue weighted by atomic mass is 10.1. The fraction of sp³-hybridized carbons (Fsp3) is 0.273. The van der Waals surface area contributed by atoms with Gasteiger partial charge in [0.25, 0.3) is 5.91 Å². The van der Waals surface area contributed by atoms with E-state index in [0.29, 0.717) is 48.5 Å². The van der Waals surface area contributed by atoms with Gasteiger partial charge in [0, 0.05) is 18.7 Å². The second kappa shape index (κ2) is 11.7. The zero-order chi connectivity index (χ0) is 21.1. The first kappa shape index (κ1) is 22.3. The van der Waals surface area contributed by atoms with Crippen molar-refractivity contribution in [1.82, 2.24) is 5.32 Å². The summed E-state index contributed by atoms with van der Waals surface area (Å²) in [5.41, 5.74) is 1.63. The number of ether oxygens (including phenoxy) is 3. The molecule has 0 saturated carbocycles. The van der Waals surface area contributed by atoms with E-state index in [4.69, 9.17) is 25.8 Å². The summed E-state index contributed by atoms with van der Waals surface area (Å²) < 4.78 is 16.4. The van der Waals surface area contributed by atoms with Gasteiger partial charge in [0.1, 0.15) is 18.2 Å². The standard InChI is InChI=1S/C22H23ClN2O4/c1-3-28-21-13-17(12-18(14-24)22(26)25-10-11-27-2)6-9-20(21)29-15-16-4-7-19(23)8-5-16/h4-9,12-13H,3,10-11,15H2,1-2H3,(H,25,26)/b18-12+. The van der Waals surface area contributed by atoms with E-state index < -0.39 is 5.91 Å². The first-order valence-corrected chi connectivity index (χ1v) is 9.48. The van der Waals surface area contributed by atoms with Crippen molar-refractivity contribution in [2.24, 2.45) is 0 Å². The number of carbonyl (C=O) groups is 1. The Balaban J connectivity index is 2.15. The van der Waals surface area contributed by atoms with Crippen LogP contribution in [0.1, 0.15) is 18.1 Å². The first-order chi connectivity index (χ1) is 14.1. The molecule has 1 N–H and O–H groups in total. The number of methoxy groups -OCH3 is 1. The van der Waals surface area contributed by atoms with Gasteiger partial charge in [0.15, 0.2) is 11.5 Å². The van der Waals surface area contributed by atoms with Gasteiger partial charge in [-0.1, -0.05) is 29.8 Å². The van der Waals surface area contributed by atoms with E-state index in [2.05, 4.69) is 5.32 Å². The molecule has 2 aromatic rings. The van der Waals surface area contributed by atoms with Crippen molar-refractivity contribution in [2.45, 2.75) is 13.5 Å². The predicted octanol–water partition coefficient (Wildman–Crippen LogP) is 3.99. The second-order valence-corrected chi connectivity index (χ2v) is 6.41. The Morgan fingerprint density at radius 1 is 1.17 bits per heavy atom. The minimum Gasteiger partial charge on any atom is -0.490 e. The Morgan fingerprint density at radius 3 is 2.59 bits per heavy atom. The molecule has 0 fully saturated rings. The van der Waals surface area contributed by atoms with Crippen molar-refractivity contribution >= 4 is 23.6 Å². The van der Waals surface area contributed by atoms with Gasteiger partial charge in [-0.05, 0) is 48.4 Å². The van der Waals surface area contributed by atoms with E-state index in [1.54, 1.807) is 37.4 Å². The summed E-state index contributed by atoms with van der Waals surface area (Å²) in [5, 5.41) is 12.6. The van der Waals surface area contributed by atoms with Crippen LogP contribution >= 0.6 is 11.6 Å². The van der Waals surface area contributed by atoms with Crippen LogP contribution in [0.3, 0.4) is 0 Å². The molecule has 2 rings (SSSR count). The Morgan fingerprint density at radius 2 is 1.93 bits per heavy atom. The van der Waals surface area contributed by atoms with Crippen LogP contribution in [-0.4, -0.2) is 32.8 Å². The Hall–Kier alpha value is -3.01. The maximum absolute atomic E-state index is 12.1. The van der Waals surface area contributed by atoms with E-state index in [9.17, 15) is 10.1 Å². The summed E-state index contributed by atoms with van der Waals surface area (Å²) in [5.74, 6) is 0.653. The molecule has 0 heterocycles. The first-order valence-electron chi connectivity index (χ1n) is 9.10. The minimum absolute atomic E-state index is 0.00150. The van der Waals surface area contributed by atoms with Crippen molar-refractivity contribution in [2.75, 3.05) is 26.9 Å². The van der Waals surface area contributed by atoms with Crippen molar-refractivity contribution in [1.29, 1.82) is 5.26 Å². The minimum atomic E-state index is -0.453. The third-order valence-electron chi connectivity index (χ3n) is 3.84. The van der Waals surface area contributed by atoms with Crippen LogP contribution in [0.15, 0.2) is 48.0 Å². The highest BCUT2D eigenvalue weighted by atomic mass is 35.5. The zero-order valence-electron chi connectivity index (χ0n) is 16.4.